The van der Waals surface area contributed by atoms with Gasteiger partial charge in [0.15, 0.2) is 0 Å². The Balaban J connectivity index is 2.92. The Hall–Kier alpha value is -4.00. The quantitative estimate of drug-likeness (QED) is 0.158. The number of benzene rings is 1. The van der Waals surface area contributed by atoms with E-state index in [1.54, 1.807) is 38.2 Å². The summed E-state index contributed by atoms with van der Waals surface area (Å²) >= 11 is 0. The van der Waals surface area contributed by atoms with Gasteiger partial charge >= 0.3 is 5.97 Å². The van der Waals surface area contributed by atoms with Gasteiger partial charge in [0.2, 0.25) is 29.5 Å². The van der Waals surface area contributed by atoms with Crippen molar-refractivity contribution in [2.45, 2.75) is 91.0 Å². The van der Waals surface area contributed by atoms with Crippen molar-refractivity contribution in [2.75, 3.05) is 27.7 Å². The molecule has 0 saturated heterocycles. The summed E-state index contributed by atoms with van der Waals surface area (Å²) in [6, 6.07) is 4.37. The fourth-order valence-electron chi connectivity index (χ4n) is 4.65. The van der Waals surface area contributed by atoms with Gasteiger partial charge in [0.1, 0.15) is 24.2 Å². The molecule has 0 fully saturated rings. The van der Waals surface area contributed by atoms with Crippen LogP contribution in [-0.4, -0.2) is 108 Å². The van der Waals surface area contributed by atoms with Crippen LogP contribution in [0.5, 0.6) is 0 Å². The Kier molecular flexibility index (Phi) is 16.2. The predicted octanol–water partition coefficient (Wildman–Crippen LogP) is 0.774. The van der Waals surface area contributed by atoms with Crippen LogP contribution in [0.4, 0.5) is 0 Å². The minimum atomic E-state index is -1.17. The number of nitrogens with zero attached hydrogens (tertiary/aromatic N) is 2. The summed E-state index contributed by atoms with van der Waals surface area (Å²) in [5, 5.41) is 20.7. The number of carbonyl (C=O) groups is 6. The molecule has 0 spiro atoms. The van der Waals surface area contributed by atoms with E-state index in [-0.39, 0.29) is 37.1 Å². The molecule has 0 bridgehead atoms. The van der Waals surface area contributed by atoms with Crippen LogP contribution in [0.3, 0.4) is 0 Å². The van der Waals surface area contributed by atoms with Gasteiger partial charge in [0.05, 0.1) is 12.6 Å². The van der Waals surface area contributed by atoms with Crippen LogP contribution in [0.15, 0.2) is 30.3 Å². The maximum atomic E-state index is 13.5. The molecule has 45 heavy (non-hydrogen) atoms. The zero-order chi connectivity index (χ0) is 34.4. The number of hydrogen-bond acceptors (Lipinski definition) is 7. The molecule has 0 aliphatic carbocycles. The highest BCUT2D eigenvalue weighted by molar-refractivity contribution is 5.95. The molecule has 0 aliphatic heterocycles. The van der Waals surface area contributed by atoms with E-state index in [9.17, 15) is 33.9 Å². The van der Waals surface area contributed by atoms with Gasteiger partial charge in [-0.2, -0.15) is 0 Å². The van der Waals surface area contributed by atoms with Crippen LogP contribution < -0.4 is 21.3 Å². The van der Waals surface area contributed by atoms with E-state index < -0.39 is 59.8 Å². The number of aliphatic carboxylic acids is 1. The first-order valence-electron chi connectivity index (χ1n) is 15.3. The molecule has 13 heteroatoms. The number of carboxylic acids is 1. The number of hydrogen-bond donors (Lipinski definition) is 5. The van der Waals surface area contributed by atoms with Gasteiger partial charge in [-0.3, -0.25) is 24.0 Å². The first kappa shape index (κ1) is 39.0. The molecule has 0 saturated carbocycles. The van der Waals surface area contributed by atoms with Gasteiger partial charge in [0.25, 0.3) is 0 Å². The molecular formula is C32H52N6O7. The van der Waals surface area contributed by atoms with Gasteiger partial charge in [-0.05, 0) is 51.1 Å². The Morgan fingerprint density at radius 3 is 1.69 bits per heavy atom. The van der Waals surface area contributed by atoms with Crippen LogP contribution in [-0.2, 0) is 35.2 Å². The summed E-state index contributed by atoms with van der Waals surface area (Å²) in [6.45, 7) is 10.3. The lowest BCUT2D eigenvalue weighted by Crippen LogP contribution is -2.57. The second-order valence-corrected chi connectivity index (χ2v) is 12.4. The first-order valence-corrected chi connectivity index (χ1v) is 15.3. The smallest absolute Gasteiger partial charge is 0.326 e. The third-order valence-electron chi connectivity index (χ3n) is 7.37. The van der Waals surface area contributed by atoms with Crippen molar-refractivity contribution in [3.63, 3.8) is 0 Å². The molecule has 13 nitrogen and oxygen atoms in total. The van der Waals surface area contributed by atoms with Crippen molar-refractivity contribution in [1.29, 1.82) is 0 Å². The van der Waals surface area contributed by atoms with Crippen LogP contribution in [0.2, 0.25) is 0 Å². The summed E-state index contributed by atoms with van der Waals surface area (Å²) in [4.78, 5) is 79.4. The monoisotopic (exact) mass is 632 g/mol. The lowest BCUT2D eigenvalue weighted by molar-refractivity contribution is -0.150. The molecule has 0 heterocycles. The molecule has 252 valence electrons. The molecule has 1 rings (SSSR count). The predicted molar refractivity (Wildman–Crippen MR) is 171 cm³/mol. The topological polar surface area (TPSA) is 177 Å². The first-order chi connectivity index (χ1) is 21.0. The number of rotatable bonds is 18. The SMILES string of the molecule is CN[C@@H](C)C(=O)N[C@@H](CC(C)C)C(=O)N(C)CC(=O)N[C@@H](C)C(=O)N[C@@H](CC(C)C)C(=O)N(C)[C@@H](Cc1ccccc1)C(=O)O. The van der Waals surface area contributed by atoms with Crippen LogP contribution in [0, 0.1) is 11.8 Å². The second-order valence-electron chi connectivity index (χ2n) is 12.4. The van der Waals surface area contributed by atoms with E-state index in [4.69, 9.17) is 0 Å². The highest BCUT2D eigenvalue weighted by Crippen LogP contribution is 2.14. The van der Waals surface area contributed by atoms with Crippen molar-refractivity contribution < 1.29 is 33.9 Å². The molecule has 0 radical (unpaired) electrons. The molecule has 1 aromatic rings. The van der Waals surface area contributed by atoms with E-state index in [2.05, 4.69) is 21.3 Å². The van der Waals surface area contributed by atoms with Crippen molar-refractivity contribution in [3.05, 3.63) is 35.9 Å². The molecule has 0 aliphatic rings. The molecular weight excluding hydrogens is 580 g/mol. The largest absolute Gasteiger partial charge is 0.480 e. The van der Waals surface area contributed by atoms with Gasteiger partial charge in [-0.15, -0.1) is 0 Å². The van der Waals surface area contributed by atoms with Gasteiger partial charge < -0.3 is 36.2 Å². The van der Waals surface area contributed by atoms with Crippen LogP contribution in [0.1, 0.15) is 59.9 Å². The number of likely N-dealkylation sites (N-methyl/N-ethyl adjacent to an activating group) is 3. The summed E-state index contributed by atoms with van der Waals surface area (Å²) in [5.74, 6) is -3.67. The lowest BCUT2D eigenvalue weighted by Gasteiger charge is -2.31. The number of amides is 5. The van der Waals surface area contributed by atoms with Crippen molar-refractivity contribution in [3.8, 4) is 0 Å². The van der Waals surface area contributed by atoms with E-state index >= 15 is 0 Å². The number of carbonyl (C=O) groups excluding carboxylic acids is 5. The average molecular weight is 633 g/mol. The molecule has 5 amide bonds. The van der Waals surface area contributed by atoms with E-state index in [0.717, 1.165) is 10.5 Å². The lowest BCUT2D eigenvalue weighted by atomic mass is 10.00. The maximum Gasteiger partial charge on any atom is 0.326 e. The van der Waals surface area contributed by atoms with E-state index in [1.807, 2.05) is 33.8 Å². The zero-order valence-electron chi connectivity index (χ0n) is 28.0. The minimum Gasteiger partial charge on any atom is -0.480 e. The molecule has 1 aromatic carbocycles. The normalized spacial score (nSPS) is 14.5. The third kappa shape index (κ3) is 13.3. The summed E-state index contributed by atoms with van der Waals surface area (Å²) in [6.07, 6.45) is 0.717. The fourth-order valence-corrected chi connectivity index (χ4v) is 4.65. The minimum absolute atomic E-state index is 0.00928. The van der Waals surface area contributed by atoms with Crippen molar-refractivity contribution >= 4 is 35.5 Å². The Morgan fingerprint density at radius 2 is 1.22 bits per heavy atom. The average Bonchev–Trinajstić information content (AvgIpc) is 2.97. The second kappa shape index (κ2) is 18.7. The Morgan fingerprint density at radius 1 is 0.733 bits per heavy atom. The highest BCUT2D eigenvalue weighted by atomic mass is 16.4. The van der Waals surface area contributed by atoms with Crippen LogP contribution >= 0.6 is 0 Å². The van der Waals surface area contributed by atoms with Gasteiger partial charge in [-0.25, -0.2) is 4.79 Å². The van der Waals surface area contributed by atoms with Crippen molar-refractivity contribution in [1.82, 2.24) is 31.1 Å². The standard InChI is InChI=1S/C32H52N6O7/c1-19(2)15-24(35-28(40)21(5)33-7)30(42)37(8)18-27(39)34-22(6)29(41)36-25(16-20(3)4)31(43)38(9)26(32(44)45)17-23-13-11-10-12-14-23/h10-14,19-22,24-26,33H,15-18H2,1-9H3,(H,34,39)(H,35,40)(H,36,41)(H,44,45)/t21-,22-,24-,25-,26-/m0/s1. The Bertz CT molecular complexity index is 1160. The fraction of sp³-hybridized carbons (Fsp3) is 0.625. The third-order valence-corrected chi connectivity index (χ3v) is 7.37. The molecule has 5 N–H and O–H groups in total. The summed E-state index contributed by atoms with van der Waals surface area (Å²) in [7, 11) is 4.47. The summed E-state index contributed by atoms with van der Waals surface area (Å²) < 4.78 is 0. The molecule has 5 atom stereocenters. The van der Waals surface area contributed by atoms with Gasteiger partial charge in [-0.1, -0.05) is 58.0 Å². The number of nitrogens with one attached hydrogen (secondary N) is 4. The number of carboxylic acid groups (broad SMARTS) is 1. The zero-order valence-corrected chi connectivity index (χ0v) is 28.0. The highest BCUT2D eigenvalue weighted by Gasteiger charge is 2.34. The molecule has 0 unspecified atom stereocenters. The summed E-state index contributed by atoms with van der Waals surface area (Å²) in [5.41, 5.74) is 0.749. The van der Waals surface area contributed by atoms with Crippen molar-refractivity contribution in [2.24, 2.45) is 11.8 Å². The van der Waals surface area contributed by atoms with Crippen LogP contribution in [0.25, 0.3) is 0 Å². The van der Waals surface area contributed by atoms with Gasteiger partial charge in [0, 0.05) is 20.5 Å². The molecule has 0 aromatic heterocycles. The Labute approximate surface area is 266 Å². The maximum absolute atomic E-state index is 13.5. The van der Waals surface area contributed by atoms with E-state index in [0.29, 0.717) is 6.42 Å². The van der Waals surface area contributed by atoms with E-state index in [1.165, 1.54) is 25.9 Å².